The van der Waals surface area contributed by atoms with Gasteiger partial charge in [0, 0.05) is 14.1 Å². The zero-order valence-corrected chi connectivity index (χ0v) is 7.05. The molecule has 7 nitrogen and oxygen atoms in total. The molecule has 0 aliphatic rings. The van der Waals surface area contributed by atoms with Gasteiger partial charge in [0.15, 0.2) is 0 Å². The summed E-state index contributed by atoms with van der Waals surface area (Å²) in [6, 6.07) is 0. The predicted molar refractivity (Wildman–Crippen MR) is 43.6 cm³/mol. The van der Waals surface area contributed by atoms with Crippen molar-refractivity contribution in [2.75, 3.05) is 0 Å². The number of hydrogen-bond acceptors (Lipinski definition) is 4. The molecule has 1 rings (SSSR count). The van der Waals surface area contributed by atoms with Gasteiger partial charge in [-0.2, -0.15) is 0 Å². The molecular weight excluding hydrogens is 178 g/mol. The topological polar surface area (TPSA) is 87.1 Å². The summed E-state index contributed by atoms with van der Waals surface area (Å²) in [4.78, 5) is 31.7. The Bertz CT molecular complexity index is 470. The van der Waals surface area contributed by atoms with Gasteiger partial charge < -0.3 is 0 Å². The molecule has 0 radical (unpaired) electrons. The smallest absolute Gasteiger partial charge is 0.297 e. The molecule has 0 atom stereocenters. The van der Waals surface area contributed by atoms with Gasteiger partial charge in [-0.25, -0.2) is 4.79 Å². The van der Waals surface area contributed by atoms with Gasteiger partial charge in [0.1, 0.15) is 0 Å². The van der Waals surface area contributed by atoms with Crippen LogP contribution in [0.25, 0.3) is 0 Å². The monoisotopic (exact) mass is 185 g/mol. The van der Waals surface area contributed by atoms with E-state index in [9.17, 15) is 19.7 Å². The third-order valence-corrected chi connectivity index (χ3v) is 1.63. The molecule has 0 saturated carbocycles. The van der Waals surface area contributed by atoms with Crippen molar-refractivity contribution in [2.45, 2.75) is 0 Å². The van der Waals surface area contributed by atoms with Gasteiger partial charge >= 0.3 is 16.9 Å². The molecule has 70 valence electrons. The average molecular weight is 185 g/mol. The minimum Gasteiger partial charge on any atom is -0.297 e. The number of rotatable bonds is 1. The number of hydrogen-bond donors (Lipinski definition) is 0. The molecule has 1 heterocycles. The highest BCUT2D eigenvalue weighted by Gasteiger charge is 2.15. The van der Waals surface area contributed by atoms with Crippen molar-refractivity contribution in [3.8, 4) is 0 Å². The number of nitrogens with zero attached hydrogens (tertiary/aromatic N) is 3. The third kappa shape index (κ3) is 1.35. The summed E-state index contributed by atoms with van der Waals surface area (Å²) in [7, 11) is 2.53. The first kappa shape index (κ1) is 9.17. The molecule has 0 aliphatic heterocycles. The molecule has 0 spiro atoms. The first-order chi connectivity index (χ1) is 5.95. The number of aromatic nitrogens is 2. The van der Waals surface area contributed by atoms with E-state index >= 15 is 0 Å². The lowest BCUT2D eigenvalue weighted by atomic mass is 10.5. The molecule has 0 saturated heterocycles. The molecule has 0 unspecified atom stereocenters. The lowest BCUT2D eigenvalue weighted by Gasteiger charge is -1.99. The van der Waals surface area contributed by atoms with Crippen molar-refractivity contribution >= 4 is 5.69 Å². The van der Waals surface area contributed by atoms with Crippen LogP contribution in [-0.2, 0) is 14.1 Å². The zero-order valence-electron chi connectivity index (χ0n) is 7.05. The van der Waals surface area contributed by atoms with E-state index in [0.29, 0.717) is 4.57 Å². The van der Waals surface area contributed by atoms with Crippen LogP contribution in [0.2, 0.25) is 0 Å². The Balaban J connectivity index is 3.70. The van der Waals surface area contributed by atoms with Crippen LogP contribution in [0.15, 0.2) is 15.8 Å². The van der Waals surface area contributed by atoms with Gasteiger partial charge in [-0.1, -0.05) is 0 Å². The van der Waals surface area contributed by atoms with E-state index < -0.39 is 21.9 Å². The summed E-state index contributed by atoms with van der Waals surface area (Å²) in [5, 5.41) is 10.3. The van der Waals surface area contributed by atoms with E-state index in [1.807, 2.05) is 0 Å². The Morgan fingerprint density at radius 1 is 1.38 bits per heavy atom. The maximum absolute atomic E-state index is 11.1. The second kappa shape index (κ2) is 2.85. The van der Waals surface area contributed by atoms with Gasteiger partial charge in [-0.15, -0.1) is 0 Å². The Labute approximate surface area is 72.0 Å². The molecule has 0 bridgehead atoms. The summed E-state index contributed by atoms with van der Waals surface area (Å²) in [5.74, 6) is 0. The van der Waals surface area contributed by atoms with Crippen LogP contribution < -0.4 is 11.2 Å². The Morgan fingerprint density at radius 2 is 1.92 bits per heavy atom. The molecule has 0 N–H and O–H groups in total. The second-order valence-corrected chi connectivity index (χ2v) is 2.53. The molecule has 0 aromatic carbocycles. The van der Waals surface area contributed by atoms with E-state index in [1.54, 1.807) is 0 Å². The highest BCUT2D eigenvalue weighted by molar-refractivity contribution is 5.21. The minimum atomic E-state index is -0.895. The molecule has 7 heteroatoms. The highest BCUT2D eigenvalue weighted by Crippen LogP contribution is 1.97. The van der Waals surface area contributed by atoms with Gasteiger partial charge in [0.2, 0.25) is 0 Å². The first-order valence-corrected chi connectivity index (χ1v) is 3.36. The highest BCUT2D eigenvalue weighted by atomic mass is 16.6. The standard InChI is InChI=1S/C6H7N3O4/c1-7-3-4(9(12)13)5(10)8(2)6(7)11/h3H,1-2H3. The van der Waals surface area contributed by atoms with Crippen molar-refractivity contribution < 1.29 is 4.92 Å². The van der Waals surface area contributed by atoms with Crippen LogP contribution in [0.4, 0.5) is 5.69 Å². The summed E-state index contributed by atoms with van der Waals surface area (Å²) in [6.07, 6.45) is 0.907. The average Bonchev–Trinajstić information content (AvgIpc) is 2.07. The third-order valence-electron chi connectivity index (χ3n) is 1.63. The maximum Gasteiger partial charge on any atom is 0.350 e. The normalized spacial score (nSPS) is 10.0. The van der Waals surface area contributed by atoms with E-state index in [-0.39, 0.29) is 0 Å². The Morgan fingerprint density at radius 3 is 2.38 bits per heavy atom. The summed E-state index contributed by atoms with van der Waals surface area (Å²) in [6.45, 7) is 0. The molecule has 1 aromatic heterocycles. The summed E-state index contributed by atoms with van der Waals surface area (Å²) < 4.78 is 1.68. The fraction of sp³-hybridized carbons (Fsp3) is 0.333. The Kier molecular flexibility index (Phi) is 2.01. The molecule has 0 fully saturated rings. The molecule has 0 aliphatic carbocycles. The van der Waals surface area contributed by atoms with Crippen molar-refractivity contribution in [2.24, 2.45) is 14.1 Å². The molecule has 1 aromatic rings. The van der Waals surface area contributed by atoms with Crippen LogP contribution in [0.5, 0.6) is 0 Å². The quantitative estimate of drug-likeness (QED) is 0.414. The van der Waals surface area contributed by atoms with Crippen LogP contribution >= 0.6 is 0 Å². The first-order valence-electron chi connectivity index (χ1n) is 3.36. The van der Waals surface area contributed by atoms with Gasteiger partial charge in [-0.05, 0) is 0 Å². The van der Waals surface area contributed by atoms with Gasteiger partial charge in [-0.3, -0.25) is 24.0 Å². The fourth-order valence-corrected chi connectivity index (χ4v) is 0.914. The molecular formula is C6H7N3O4. The fourth-order valence-electron chi connectivity index (χ4n) is 0.914. The van der Waals surface area contributed by atoms with Crippen molar-refractivity contribution in [1.29, 1.82) is 0 Å². The van der Waals surface area contributed by atoms with E-state index in [1.165, 1.54) is 14.1 Å². The SMILES string of the molecule is Cn1cc([N+](=O)[O-])c(=O)n(C)c1=O. The van der Waals surface area contributed by atoms with Crippen LogP contribution in [0.1, 0.15) is 0 Å². The van der Waals surface area contributed by atoms with Crippen molar-refractivity contribution in [3.63, 3.8) is 0 Å². The lowest BCUT2D eigenvalue weighted by molar-refractivity contribution is -0.387. The summed E-state index contributed by atoms with van der Waals surface area (Å²) >= 11 is 0. The van der Waals surface area contributed by atoms with Gasteiger partial charge in [0.25, 0.3) is 0 Å². The Hall–Kier alpha value is -1.92. The minimum absolute atomic E-state index is 0.587. The van der Waals surface area contributed by atoms with E-state index in [0.717, 1.165) is 10.8 Å². The molecule has 0 amide bonds. The number of aryl methyl sites for hydroxylation is 1. The maximum atomic E-state index is 11.1. The van der Waals surface area contributed by atoms with E-state index in [2.05, 4.69) is 0 Å². The van der Waals surface area contributed by atoms with Crippen LogP contribution in [-0.4, -0.2) is 14.1 Å². The van der Waals surface area contributed by atoms with Crippen LogP contribution in [0.3, 0.4) is 0 Å². The van der Waals surface area contributed by atoms with E-state index in [4.69, 9.17) is 0 Å². The van der Waals surface area contributed by atoms with Crippen LogP contribution in [0, 0.1) is 10.1 Å². The van der Waals surface area contributed by atoms with Gasteiger partial charge in [0.05, 0.1) is 11.1 Å². The number of nitro groups is 1. The molecule has 13 heavy (non-hydrogen) atoms. The van der Waals surface area contributed by atoms with Crippen molar-refractivity contribution in [3.05, 3.63) is 37.1 Å². The lowest BCUT2D eigenvalue weighted by Crippen LogP contribution is -2.37. The summed E-state index contributed by atoms with van der Waals surface area (Å²) in [5.41, 5.74) is -2.09. The second-order valence-electron chi connectivity index (χ2n) is 2.53. The van der Waals surface area contributed by atoms with Crippen molar-refractivity contribution in [1.82, 2.24) is 9.13 Å². The predicted octanol–water partition coefficient (Wildman–Crippen LogP) is -1.01. The zero-order chi connectivity index (χ0) is 10.2. The largest absolute Gasteiger partial charge is 0.350 e.